The van der Waals surface area contributed by atoms with Crippen LogP contribution in [0.3, 0.4) is 0 Å². The maximum absolute atomic E-state index is 12.4. The van der Waals surface area contributed by atoms with Gasteiger partial charge in [-0.2, -0.15) is 0 Å². The van der Waals surface area contributed by atoms with E-state index in [9.17, 15) is 4.79 Å². The molecule has 0 bridgehead atoms. The van der Waals surface area contributed by atoms with Gasteiger partial charge in [-0.3, -0.25) is 4.79 Å². The molecule has 0 aromatic heterocycles. The molecule has 3 rings (SSSR count). The number of fused-ring (bicyclic) bond motifs is 1. The van der Waals surface area contributed by atoms with Gasteiger partial charge in [0.1, 0.15) is 11.5 Å². The van der Waals surface area contributed by atoms with E-state index in [0.29, 0.717) is 12.2 Å². The lowest BCUT2D eigenvalue weighted by Crippen LogP contribution is -1.96. The molecule has 3 heteroatoms. The zero-order valence-electron chi connectivity index (χ0n) is 12.1. The first-order chi connectivity index (χ1) is 10.2. The van der Waals surface area contributed by atoms with Crippen LogP contribution in [-0.4, -0.2) is 20.0 Å². The Balaban J connectivity index is 1.91. The van der Waals surface area contributed by atoms with Gasteiger partial charge in [-0.05, 0) is 41.5 Å². The Labute approximate surface area is 123 Å². The molecule has 0 fully saturated rings. The summed E-state index contributed by atoms with van der Waals surface area (Å²) >= 11 is 0. The van der Waals surface area contributed by atoms with Crippen LogP contribution >= 0.6 is 0 Å². The minimum atomic E-state index is 0.0831. The van der Waals surface area contributed by atoms with Gasteiger partial charge in [0.2, 0.25) is 0 Å². The smallest absolute Gasteiger partial charge is 0.189 e. The molecular formula is C18H16O3. The number of allylic oxidation sites excluding steroid dienone is 1. The molecule has 21 heavy (non-hydrogen) atoms. The first-order valence-electron chi connectivity index (χ1n) is 6.77. The van der Waals surface area contributed by atoms with Gasteiger partial charge in [0, 0.05) is 17.6 Å². The topological polar surface area (TPSA) is 35.5 Å². The maximum Gasteiger partial charge on any atom is 0.189 e. The Morgan fingerprint density at radius 2 is 1.62 bits per heavy atom. The van der Waals surface area contributed by atoms with E-state index in [2.05, 4.69) is 0 Å². The molecule has 0 heterocycles. The average molecular weight is 280 g/mol. The van der Waals surface area contributed by atoms with E-state index in [0.717, 1.165) is 28.0 Å². The van der Waals surface area contributed by atoms with Crippen molar-refractivity contribution in [1.29, 1.82) is 0 Å². The third-order valence-corrected chi connectivity index (χ3v) is 3.69. The Hall–Kier alpha value is -2.55. The number of hydrogen-bond donors (Lipinski definition) is 0. The highest BCUT2D eigenvalue weighted by atomic mass is 16.5. The minimum absolute atomic E-state index is 0.0831. The van der Waals surface area contributed by atoms with Crippen LogP contribution in [-0.2, 0) is 6.42 Å². The van der Waals surface area contributed by atoms with E-state index in [-0.39, 0.29) is 5.78 Å². The minimum Gasteiger partial charge on any atom is -0.497 e. The van der Waals surface area contributed by atoms with E-state index in [1.807, 2.05) is 48.5 Å². The van der Waals surface area contributed by atoms with Gasteiger partial charge in [0.25, 0.3) is 0 Å². The highest BCUT2D eigenvalue weighted by Gasteiger charge is 2.25. The summed E-state index contributed by atoms with van der Waals surface area (Å²) in [4.78, 5) is 12.4. The van der Waals surface area contributed by atoms with E-state index >= 15 is 0 Å². The zero-order valence-corrected chi connectivity index (χ0v) is 12.1. The molecule has 3 nitrogen and oxygen atoms in total. The second-order valence-electron chi connectivity index (χ2n) is 4.97. The molecule has 0 spiro atoms. The number of methoxy groups -OCH3 is 2. The van der Waals surface area contributed by atoms with E-state index in [4.69, 9.17) is 9.47 Å². The SMILES string of the molecule is COc1ccc(/C=C2\Cc3ccc(OC)cc3C2=O)cc1. The summed E-state index contributed by atoms with van der Waals surface area (Å²) in [6, 6.07) is 13.3. The Kier molecular flexibility index (Phi) is 3.48. The molecule has 2 aromatic carbocycles. The fourth-order valence-electron chi connectivity index (χ4n) is 2.52. The summed E-state index contributed by atoms with van der Waals surface area (Å²) in [6.07, 6.45) is 2.61. The van der Waals surface area contributed by atoms with Gasteiger partial charge in [-0.1, -0.05) is 18.2 Å². The van der Waals surface area contributed by atoms with Gasteiger partial charge in [-0.15, -0.1) is 0 Å². The van der Waals surface area contributed by atoms with E-state index in [1.165, 1.54) is 0 Å². The van der Waals surface area contributed by atoms with Crippen LogP contribution in [0.5, 0.6) is 11.5 Å². The fourth-order valence-corrected chi connectivity index (χ4v) is 2.52. The molecule has 0 aliphatic heterocycles. The summed E-state index contributed by atoms with van der Waals surface area (Å²) in [5.74, 6) is 1.61. The molecule has 106 valence electrons. The second kappa shape index (κ2) is 5.44. The van der Waals surface area contributed by atoms with Crippen molar-refractivity contribution in [2.24, 2.45) is 0 Å². The van der Waals surface area contributed by atoms with Crippen LogP contribution in [0.1, 0.15) is 21.5 Å². The Bertz CT molecular complexity index is 712. The van der Waals surface area contributed by atoms with Crippen LogP contribution in [0.25, 0.3) is 6.08 Å². The van der Waals surface area contributed by atoms with Crippen LogP contribution < -0.4 is 9.47 Å². The number of ketones is 1. The van der Waals surface area contributed by atoms with Gasteiger partial charge in [-0.25, -0.2) is 0 Å². The van der Waals surface area contributed by atoms with E-state index < -0.39 is 0 Å². The molecule has 1 aliphatic rings. The van der Waals surface area contributed by atoms with Crippen LogP contribution in [0.15, 0.2) is 48.0 Å². The molecule has 2 aromatic rings. The molecule has 0 amide bonds. The van der Waals surface area contributed by atoms with Crippen molar-refractivity contribution in [1.82, 2.24) is 0 Å². The van der Waals surface area contributed by atoms with Crippen molar-refractivity contribution in [2.75, 3.05) is 14.2 Å². The molecule has 0 N–H and O–H groups in total. The molecular weight excluding hydrogens is 264 g/mol. The summed E-state index contributed by atoms with van der Waals surface area (Å²) in [6.45, 7) is 0. The molecule has 1 aliphatic carbocycles. The highest BCUT2D eigenvalue weighted by molar-refractivity contribution is 6.15. The number of carbonyl (C=O) groups is 1. The summed E-state index contributed by atoms with van der Waals surface area (Å²) in [5.41, 5.74) is 3.61. The van der Waals surface area contributed by atoms with Crippen molar-refractivity contribution in [3.8, 4) is 11.5 Å². The summed E-state index contributed by atoms with van der Waals surface area (Å²) in [5, 5.41) is 0. The Morgan fingerprint density at radius 3 is 2.29 bits per heavy atom. The van der Waals surface area contributed by atoms with Gasteiger partial charge in [0.15, 0.2) is 5.78 Å². The first-order valence-corrected chi connectivity index (χ1v) is 6.77. The van der Waals surface area contributed by atoms with Crippen LogP contribution in [0, 0.1) is 0 Å². The van der Waals surface area contributed by atoms with Gasteiger partial charge >= 0.3 is 0 Å². The van der Waals surface area contributed by atoms with Crippen molar-refractivity contribution in [3.05, 3.63) is 64.7 Å². The molecule has 0 atom stereocenters. The lowest BCUT2D eigenvalue weighted by Gasteiger charge is -2.01. The highest BCUT2D eigenvalue weighted by Crippen LogP contribution is 2.30. The first kappa shape index (κ1) is 13.4. The third-order valence-electron chi connectivity index (χ3n) is 3.69. The van der Waals surface area contributed by atoms with Crippen LogP contribution in [0.4, 0.5) is 0 Å². The zero-order chi connectivity index (χ0) is 14.8. The maximum atomic E-state index is 12.4. The number of Topliss-reactive ketones (excluding diaryl/α,β-unsaturated/α-hetero) is 1. The van der Waals surface area contributed by atoms with Gasteiger partial charge in [0.05, 0.1) is 14.2 Å². The number of rotatable bonds is 3. The standard InChI is InChI=1S/C18H16O3/c1-20-15-6-3-12(4-7-15)9-14-10-13-5-8-16(21-2)11-17(13)18(14)19/h3-9,11H,10H2,1-2H3/b14-9+. The van der Waals surface area contributed by atoms with E-state index in [1.54, 1.807) is 14.2 Å². The van der Waals surface area contributed by atoms with Crippen molar-refractivity contribution in [2.45, 2.75) is 6.42 Å². The molecule has 0 saturated carbocycles. The largest absolute Gasteiger partial charge is 0.497 e. The number of hydrogen-bond acceptors (Lipinski definition) is 3. The third kappa shape index (κ3) is 2.55. The molecule has 0 unspecified atom stereocenters. The fraction of sp³-hybridized carbons (Fsp3) is 0.167. The number of benzene rings is 2. The van der Waals surface area contributed by atoms with Gasteiger partial charge < -0.3 is 9.47 Å². The summed E-state index contributed by atoms with van der Waals surface area (Å²) < 4.78 is 10.3. The second-order valence-corrected chi connectivity index (χ2v) is 4.97. The molecule has 0 radical (unpaired) electrons. The van der Waals surface area contributed by atoms with Crippen molar-refractivity contribution < 1.29 is 14.3 Å². The monoisotopic (exact) mass is 280 g/mol. The van der Waals surface area contributed by atoms with Crippen molar-refractivity contribution >= 4 is 11.9 Å². The van der Waals surface area contributed by atoms with Crippen LogP contribution in [0.2, 0.25) is 0 Å². The number of ether oxygens (including phenoxy) is 2. The van der Waals surface area contributed by atoms with Crippen molar-refractivity contribution in [3.63, 3.8) is 0 Å². The predicted octanol–water partition coefficient (Wildman–Crippen LogP) is 3.53. The number of carbonyl (C=O) groups excluding carboxylic acids is 1. The quantitative estimate of drug-likeness (QED) is 0.807. The average Bonchev–Trinajstić information content (AvgIpc) is 2.84. The lowest BCUT2D eigenvalue weighted by molar-refractivity contribution is 0.104. The Morgan fingerprint density at radius 1 is 0.952 bits per heavy atom. The normalized spacial score (nSPS) is 15.1. The lowest BCUT2D eigenvalue weighted by atomic mass is 10.1. The summed E-state index contributed by atoms with van der Waals surface area (Å²) in [7, 11) is 3.24. The molecule has 0 saturated heterocycles. The predicted molar refractivity (Wildman–Crippen MR) is 82.0 cm³/mol.